The van der Waals surface area contributed by atoms with Crippen molar-refractivity contribution >= 4 is 0 Å². The van der Waals surface area contributed by atoms with Gasteiger partial charge in [0, 0.05) is 6.54 Å². The first-order valence-corrected chi connectivity index (χ1v) is 7.89. The van der Waals surface area contributed by atoms with E-state index in [-0.39, 0.29) is 0 Å². The molecule has 0 aliphatic rings. The van der Waals surface area contributed by atoms with Crippen molar-refractivity contribution in [1.29, 1.82) is 0 Å². The molecule has 0 aliphatic carbocycles. The molecule has 0 fully saturated rings. The van der Waals surface area contributed by atoms with Crippen LogP contribution in [-0.4, -0.2) is 25.0 Å². The fourth-order valence-corrected chi connectivity index (χ4v) is 2.31. The van der Waals surface area contributed by atoms with Gasteiger partial charge in [-0.05, 0) is 44.0 Å². The standard InChI is InChI=1S/C17H32N2O/c1-7-14(4)11-19(6)12-16-8-15(5)17(20-16)10-18-9-13(2)3/h8,13-14,18H,7,9-12H2,1-6H3. The zero-order valence-electron chi connectivity index (χ0n) is 14.1. The van der Waals surface area contributed by atoms with Gasteiger partial charge in [-0.3, -0.25) is 4.90 Å². The average Bonchev–Trinajstić information content (AvgIpc) is 2.68. The number of nitrogens with zero attached hydrogens (tertiary/aromatic N) is 1. The van der Waals surface area contributed by atoms with E-state index in [1.165, 1.54) is 12.0 Å². The molecule has 1 aromatic heterocycles. The van der Waals surface area contributed by atoms with Crippen LogP contribution in [0.15, 0.2) is 10.5 Å². The van der Waals surface area contributed by atoms with Crippen molar-refractivity contribution in [3.8, 4) is 0 Å². The number of aryl methyl sites for hydroxylation is 1. The van der Waals surface area contributed by atoms with Crippen LogP contribution in [0, 0.1) is 18.8 Å². The Hall–Kier alpha value is -0.800. The van der Waals surface area contributed by atoms with Crippen molar-refractivity contribution in [2.75, 3.05) is 20.1 Å². The Kier molecular flexibility index (Phi) is 7.31. The number of hydrogen-bond acceptors (Lipinski definition) is 3. The van der Waals surface area contributed by atoms with Gasteiger partial charge in [0.25, 0.3) is 0 Å². The first kappa shape index (κ1) is 17.3. The van der Waals surface area contributed by atoms with Gasteiger partial charge in [-0.25, -0.2) is 0 Å². The Labute approximate surface area is 124 Å². The van der Waals surface area contributed by atoms with Gasteiger partial charge in [0.2, 0.25) is 0 Å². The Morgan fingerprint density at radius 1 is 1.30 bits per heavy atom. The van der Waals surface area contributed by atoms with E-state index >= 15 is 0 Å². The topological polar surface area (TPSA) is 28.4 Å². The van der Waals surface area contributed by atoms with E-state index in [9.17, 15) is 0 Å². The van der Waals surface area contributed by atoms with Gasteiger partial charge >= 0.3 is 0 Å². The van der Waals surface area contributed by atoms with Crippen LogP contribution in [0.3, 0.4) is 0 Å². The summed E-state index contributed by atoms with van der Waals surface area (Å²) in [5, 5.41) is 3.44. The summed E-state index contributed by atoms with van der Waals surface area (Å²) in [5.74, 6) is 3.57. The van der Waals surface area contributed by atoms with Crippen LogP contribution in [0.4, 0.5) is 0 Å². The van der Waals surface area contributed by atoms with E-state index in [4.69, 9.17) is 4.42 Å². The maximum absolute atomic E-state index is 5.98. The maximum atomic E-state index is 5.98. The van der Waals surface area contributed by atoms with Gasteiger partial charge in [-0.2, -0.15) is 0 Å². The van der Waals surface area contributed by atoms with E-state index < -0.39 is 0 Å². The first-order chi connectivity index (χ1) is 9.42. The normalized spacial score (nSPS) is 13.4. The minimum atomic E-state index is 0.673. The van der Waals surface area contributed by atoms with Crippen LogP contribution < -0.4 is 5.32 Å². The molecule has 0 aromatic carbocycles. The molecule has 0 radical (unpaired) electrons. The molecular weight excluding hydrogens is 248 g/mol. The Morgan fingerprint density at radius 2 is 2.00 bits per heavy atom. The van der Waals surface area contributed by atoms with Crippen molar-refractivity contribution in [3.05, 3.63) is 23.2 Å². The molecular formula is C17H32N2O. The molecule has 0 bridgehead atoms. The van der Waals surface area contributed by atoms with Crippen molar-refractivity contribution in [1.82, 2.24) is 10.2 Å². The minimum absolute atomic E-state index is 0.673. The maximum Gasteiger partial charge on any atom is 0.120 e. The highest BCUT2D eigenvalue weighted by Crippen LogP contribution is 2.16. The van der Waals surface area contributed by atoms with Crippen LogP contribution in [-0.2, 0) is 13.1 Å². The van der Waals surface area contributed by atoms with Crippen molar-refractivity contribution in [2.45, 2.75) is 54.1 Å². The molecule has 0 aliphatic heterocycles. The molecule has 1 atom stereocenters. The third-order valence-corrected chi connectivity index (χ3v) is 3.66. The van der Waals surface area contributed by atoms with E-state index in [0.717, 1.165) is 43.6 Å². The van der Waals surface area contributed by atoms with Gasteiger partial charge in [0.05, 0.1) is 13.1 Å². The van der Waals surface area contributed by atoms with Crippen LogP contribution in [0.25, 0.3) is 0 Å². The molecule has 1 aromatic rings. The van der Waals surface area contributed by atoms with E-state index in [0.29, 0.717) is 5.92 Å². The predicted molar refractivity (Wildman–Crippen MR) is 85.8 cm³/mol. The van der Waals surface area contributed by atoms with Gasteiger partial charge in [-0.1, -0.05) is 34.1 Å². The van der Waals surface area contributed by atoms with E-state index in [1.807, 2.05) is 0 Å². The second-order valence-corrected chi connectivity index (χ2v) is 6.55. The smallest absolute Gasteiger partial charge is 0.120 e. The molecule has 3 heteroatoms. The zero-order chi connectivity index (χ0) is 15.1. The fraction of sp³-hybridized carbons (Fsp3) is 0.765. The lowest BCUT2D eigenvalue weighted by atomic mass is 10.1. The summed E-state index contributed by atoms with van der Waals surface area (Å²) in [5.41, 5.74) is 1.26. The third kappa shape index (κ3) is 6.10. The molecule has 116 valence electrons. The van der Waals surface area contributed by atoms with Crippen molar-refractivity contribution in [3.63, 3.8) is 0 Å². The average molecular weight is 280 g/mol. The van der Waals surface area contributed by atoms with E-state index in [1.54, 1.807) is 0 Å². The lowest BCUT2D eigenvalue weighted by molar-refractivity contribution is 0.251. The van der Waals surface area contributed by atoms with Gasteiger partial charge in [0.1, 0.15) is 11.5 Å². The van der Waals surface area contributed by atoms with Gasteiger partial charge in [0.15, 0.2) is 0 Å². The Bertz CT molecular complexity index is 384. The van der Waals surface area contributed by atoms with Crippen LogP contribution in [0.5, 0.6) is 0 Å². The molecule has 0 amide bonds. The van der Waals surface area contributed by atoms with Crippen LogP contribution in [0.1, 0.15) is 51.2 Å². The van der Waals surface area contributed by atoms with E-state index in [2.05, 4.69) is 57.9 Å². The molecule has 20 heavy (non-hydrogen) atoms. The second-order valence-electron chi connectivity index (χ2n) is 6.55. The number of furan rings is 1. The largest absolute Gasteiger partial charge is 0.463 e. The number of hydrogen-bond donors (Lipinski definition) is 1. The summed E-state index contributed by atoms with van der Waals surface area (Å²) in [6, 6.07) is 2.18. The lowest BCUT2D eigenvalue weighted by Gasteiger charge is -2.19. The lowest BCUT2D eigenvalue weighted by Crippen LogP contribution is -2.23. The monoisotopic (exact) mass is 280 g/mol. The predicted octanol–water partition coefficient (Wildman–Crippen LogP) is 3.81. The first-order valence-electron chi connectivity index (χ1n) is 7.89. The van der Waals surface area contributed by atoms with Gasteiger partial charge < -0.3 is 9.73 Å². The molecule has 1 heterocycles. The minimum Gasteiger partial charge on any atom is -0.463 e. The molecule has 0 saturated heterocycles. The molecule has 1 rings (SSSR count). The summed E-state index contributed by atoms with van der Waals surface area (Å²) < 4.78 is 5.98. The quantitative estimate of drug-likeness (QED) is 0.745. The van der Waals surface area contributed by atoms with Crippen molar-refractivity contribution in [2.24, 2.45) is 11.8 Å². The zero-order valence-corrected chi connectivity index (χ0v) is 14.1. The third-order valence-electron chi connectivity index (χ3n) is 3.66. The number of rotatable bonds is 9. The SMILES string of the molecule is CCC(C)CN(C)Cc1cc(C)c(CNCC(C)C)o1. The van der Waals surface area contributed by atoms with Gasteiger partial charge in [-0.15, -0.1) is 0 Å². The highest BCUT2D eigenvalue weighted by atomic mass is 16.3. The molecule has 0 spiro atoms. The fourth-order valence-electron chi connectivity index (χ4n) is 2.31. The number of nitrogens with one attached hydrogen (secondary N) is 1. The second kappa shape index (κ2) is 8.48. The highest BCUT2D eigenvalue weighted by Gasteiger charge is 2.11. The van der Waals surface area contributed by atoms with Crippen LogP contribution >= 0.6 is 0 Å². The molecule has 0 saturated carbocycles. The Balaban J connectivity index is 2.47. The molecule has 1 N–H and O–H groups in total. The molecule has 1 unspecified atom stereocenters. The highest BCUT2D eigenvalue weighted by molar-refractivity contribution is 5.20. The van der Waals surface area contributed by atoms with Crippen LogP contribution in [0.2, 0.25) is 0 Å². The summed E-state index contributed by atoms with van der Waals surface area (Å²) in [4.78, 5) is 2.35. The summed E-state index contributed by atoms with van der Waals surface area (Å²) >= 11 is 0. The molecule has 3 nitrogen and oxygen atoms in total. The Morgan fingerprint density at radius 3 is 2.60 bits per heavy atom. The summed E-state index contributed by atoms with van der Waals surface area (Å²) in [6.07, 6.45) is 1.23. The summed E-state index contributed by atoms with van der Waals surface area (Å²) in [7, 11) is 2.17. The summed E-state index contributed by atoms with van der Waals surface area (Å²) in [6.45, 7) is 15.0. The van der Waals surface area contributed by atoms with Crippen molar-refractivity contribution < 1.29 is 4.42 Å².